The van der Waals surface area contributed by atoms with Crippen molar-refractivity contribution < 1.29 is 14.2 Å². The van der Waals surface area contributed by atoms with Gasteiger partial charge in [-0.15, -0.1) is 0 Å². The van der Waals surface area contributed by atoms with Gasteiger partial charge in [-0.2, -0.15) is 5.26 Å². The van der Waals surface area contributed by atoms with E-state index < -0.39 is 6.10 Å². The Kier molecular flexibility index (Phi) is 5.74. The molecular weight excluding hydrogens is 297 g/mol. The largest absolute Gasteiger partial charge is 0.491 e. The van der Waals surface area contributed by atoms with Gasteiger partial charge in [-0.25, -0.2) is 4.39 Å². The van der Waals surface area contributed by atoms with Gasteiger partial charge in [0.15, 0.2) is 0 Å². The van der Waals surface area contributed by atoms with E-state index in [-0.39, 0.29) is 12.4 Å². The minimum atomic E-state index is -0.681. The Morgan fingerprint density at radius 3 is 2.70 bits per heavy atom. The molecule has 1 atom stereocenters. The third-order valence-electron chi connectivity index (χ3n) is 3.71. The first kappa shape index (κ1) is 17.0. The van der Waals surface area contributed by atoms with E-state index in [2.05, 4.69) is 11.4 Å². The first-order valence-corrected chi connectivity index (χ1v) is 7.33. The van der Waals surface area contributed by atoms with Crippen LogP contribution in [-0.4, -0.2) is 28.9 Å². The molecule has 0 saturated carbocycles. The molecule has 0 amide bonds. The summed E-state index contributed by atoms with van der Waals surface area (Å²) in [5.41, 5.74) is 2.65. The van der Waals surface area contributed by atoms with Crippen LogP contribution in [-0.2, 0) is 13.6 Å². The van der Waals surface area contributed by atoms with Crippen LogP contribution in [0.25, 0.3) is 0 Å². The van der Waals surface area contributed by atoms with Crippen molar-refractivity contribution in [2.24, 2.45) is 7.05 Å². The molecule has 6 heteroatoms. The summed E-state index contributed by atoms with van der Waals surface area (Å²) in [5, 5.41) is 22.0. The van der Waals surface area contributed by atoms with Crippen LogP contribution >= 0.6 is 0 Å². The first-order valence-electron chi connectivity index (χ1n) is 7.33. The molecular formula is C17H20FN3O2. The average Bonchev–Trinajstić information content (AvgIpc) is 2.82. The molecule has 0 saturated heterocycles. The minimum Gasteiger partial charge on any atom is -0.491 e. The van der Waals surface area contributed by atoms with E-state index in [1.54, 1.807) is 0 Å². The van der Waals surface area contributed by atoms with Crippen LogP contribution in [0, 0.1) is 24.1 Å². The van der Waals surface area contributed by atoms with Gasteiger partial charge in [0, 0.05) is 25.8 Å². The molecule has 2 rings (SSSR count). The molecule has 0 bridgehead atoms. The van der Waals surface area contributed by atoms with E-state index in [1.807, 2.05) is 24.6 Å². The zero-order valence-electron chi connectivity index (χ0n) is 13.2. The van der Waals surface area contributed by atoms with Crippen molar-refractivity contribution >= 4 is 0 Å². The van der Waals surface area contributed by atoms with Gasteiger partial charge in [-0.3, -0.25) is 0 Å². The molecule has 0 aliphatic rings. The number of hydrogen-bond donors (Lipinski definition) is 2. The summed E-state index contributed by atoms with van der Waals surface area (Å²) in [5.74, 6) is 0.192. The van der Waals surface area contributed by atoms with Crippen molar-refractivity contribution in [2.45, 2.75) is 19.6 Å². The van der Waals surface area contributed by atoms with Crippen LogP contribution in [0.15, 0.2) is 30.3 Å². The lowest BCUT2D eigenvalue weighted by Crippen LogP contribution is -2.31. The van der Waals surface area contributed by atoms with Crippen molar-refractivity contribution in [3.05, 3.63) is 53.1 Å². The zero-order chi connectivity index (χ0) is 16.8. The summed E-state index contributed by atoms with van der Waals surface area (Å²) in [6, 6.07) is 9.64. The number of nitrogens with one attached hydrogen (secondary N) is 1. The molecule has 1 unspecified atom stereocenters. The monoisotopic (exact) mass is 317 g/mol. The number of rotatable bonds is 7. The molecule has 1 aromatic heterocycles. The standard InChI is InChI=1S/C17H20FN3O2/c1-12-13(7-15(8-19)21(12)2)9-20-10-16(22)11-23-17-5-3-14(18)4-6-17/h3-7,16,20,22H,9-11H2,1-2H3. The molecule has 0 aliphatic carbocycles. The number of aliphatic hydroxyl groups is 1. The number of ether oxygens (including phenoxy) is 1. The van der Waals surface area contributed by atoms with Crippen LogP contribution in [0.4, 0.5) is 4.39 Å². The van der Waals surface area contributed by atoms with E-state index in [4.69, 9.17) is 10.00 Å². The Labute approximate surface area is 134 Å². The number of halogens is 1. The lowest BCUT2D eigenvalue weighted by molar-refractivity contribution is 0.106. The quantitative estimate of drug-likeness (QED) is 0.818. The van der Waals surface area contributed by atoms with Crippen LogP contribution in [0.2, 0.25) is 0 Å². The highest BCUT2D eigenvalue weighted by molar-refractivity contribution is 5.34. The smallest absolute Gasteiger partial charge is 0.123 e. The summed E-state index contributed by atoms with van der Waals surface area (Å²) >= 11 is 0. The van der Waals surface area contributed by atoms with Crippen LogP contribution < -0.4 is 10.1 Å². The Morgan fingerprint density at radius 1 is 1.39 bits per heavy atom. The van der Waals surface area contributed by atoms with Gasteiger partial charge >= 0.3 is 0 Å². The van der Waals surface area contributed by atoms with Crippen LogP contribution in [0.1, 0.15) is 17.0 Å². The third kappa shape index (κ3) is 4.55. The van der Waals surface area contributed by atoms with Gasteiger partial charge in [0.05, 0.1) is 0 Å². The maximum atomic E-state index is 12.8. The average molecular weight is 317 g/mol. The predicted molar refractivity (Wildman–Crippen MR) is 84.5 cm³/mol. The number of nitrogens with zero attached hydrogens (tertiary/aromatic N) is 2. The lowest BCUT2D eigenvalue weighted by atomic mass is 10.2. The second-order valence-electron chi connectivity index (χ2n) is 5.36. The van der Waals surface area contributed by atoms with Gasteiger partial charge < -0.3 is 19.7 Å². The maximum Gasteiger partial charge on any atom is 0.123 e. The van der Waals surface area contributed by atoms with E-state index in [1.165, 1.54) is 24.3 Å². The van der Waals surface area contributed by atoms with E-state index >= 15 is 0 Å². The van der Waals surface area contributed by atoms with E-state index in [0.29, 0.717) is 24.5 Å². The van der Waals surface area contributed by atoms with Crippen LogP contribution in [0.3, 0.4) is 0 Å². The molecule has 0 fully saturated rings. The van der Waals surface area contributed by atoms with Gasteiger partial charge in [-0.05, 0) is 42.8 Å². The van der Waals surface area contributed by atoms with Gasteiger partial charge in [0.2, 0.25) is 0 Å². The highest BCUT2D eigenvalue weighted by Gasteiger charge is 2.10. The molecule has 0 radical (unpaired) electrons. The number of nitriles is 1. The second-order valence-corrected chi connectivity index (χ2v) is 5.36. The van der Waals surface area contributed by atoms with Crippen molar-refractivity contribution in [2.75, 3.05) is 13.2 Å². The van der Waals surface area contributed by atoms with E-state index in [0.717, 1.165) is 11.3 Å². The molecule has 2 aromatic rings. The van der Waals surface area contributed by atoms with Crippen molar-refractivity contribution in [3.8, 4) is 11.8 Å². The van der Waals surface area contributed by atoms with E-state index in [9.17, 15) is 9.50 Å². The van der Waals surface area contributed by atoms with Crippen molar-refractivity contribution in [1.29, 1.82) is 5.26 Å². The number of aromatic nitrogens is 1. The fraction of sp³-hybridized carbons (Fsp3) is 0.353. The summed E-state index contributed by atoms with van der Waals surface area (Å²) < 4.78 is 20.0. The number of hydrogen-bond acceptors (Lipinski definition) is 4. The minimum absolute atomic E-state index is 0.121. The zero-order valence-corrected chi connectivity index (χ0v) is 13.2. The lowest BCUT2D eigenvalue weighted by Gasteiger charge is -2.13. The van der Waals surface area contributed by atoms with Gasteiger partial charge in [0.1, 0.15) is 36.0 Å². The Morgan fingerprint density at radius 2 is 2.09 bits per heavy atom. The topological polar surface area (TPSA) is 70.2 Å². The Hall–Kier alpha value is -2.36. The van der Waals surface area contributed by atoms with Crippen molar-refractivity contribution in [3.63, 3.8) is 0 Å². The van der Waals surface area contributed by atoms with Gasteiger partial charge in [0.25, 0.3) is 0 Å². The Balaban J connectivity index is 1.75. The fourth-order valence-corrected chi connectivity index (χ4v) is 2.20. The predicted octanol–water partition coefficient (Wildman–Crippen LogP) is 1.87. The SMILES string of the molecule is Cc1c(CNCC(O)COc2ccc(F)cc2)cc(C#N)n1C. The molecule has 23 heavy (non-hydrogen) atoms. The molecule has 0 aliphatic heterocycles. The summed E-state index contributed by atoms with van der Waals surface area (Å²) in [7, 11) is 1.85. The summed E-state index contributed by atoms with van der Waals surface area (Å²) in [6.45, 7) is 2.99. The molecule has 0 spiro atoms. The van der Waals surface area contributed by atoms with Crippen LogP contribution in [0.5, 0.6) is 5.75 Å². The van der Waals surface area contributed by atoms with Crippen molar-refractivity contribution in [1.82, 2.24) is 9.88 Å². The normalized spacial score (nSPS) is 12.0. The Bertz CT molecular complexity index is 689. The molecule has 5 nitrogen and oxygen atoms in total. The maximum absolute atomic E-state index is 12.8. The molecule has 1 aromatic carbocycles. The first-order chi connectivity index (χ1) is 11.0. The number of benzene rings is 1. The number of aliphatic hydroxyl groups excluding tert-OH is 1. The second kappa shape index (κ2) is 7.77. The highest BCUT2D eigenvalue weighted by Crippen LogP contribution is 2.13. The summed E-state index contributed by atoms with van der Waals surface area (Å²) in [6.07, 6.45) is -0.681. The highest BCUT2D eigenvalue weighted by atomic mass is 19.1. The molecule has 2 N–H and O–H groups in total. The van der Waals surface area contributed by atoms with Gasteiger partial charge in [-0.1, -0.05) is 0 Å². The summed E-state index contributed by atoms with van der Waals surface area (Å²) in [4.78, 5) is 0. The molecule has 122 valence electrons. The fourth-order valence-electron chi connectivity index (χ4n) is 2.20. The third-order valence-corrected chi connectivity index (χ3v) is 3.71. The molecule has 1 heterocycles.